The van der Waals surface area contributed by atoms with E-state index in [1.807, 2.05) is 4.90 Å². The molecule has 204 valence electrons. The molecule has 39 heavy (non-hydrogen) atoms. The average Bonchev–Trinajstić information content (AvgIpc) is 3.28. The number of carboxylic acid groups (broad SMARTS) is 1. The summed E-state index contributed by atoms with van der Waals surface area (Å²) in [5, 5.41) is 12.2. The first-order valence-corrected chi connectivity index (χ1v) is 13.1. The number of halogens is 3. The number of carbonyl (C=O) groups is 2. The Morgan fingerprint density at radius 2 is 1.85 bits per heavy atom. The van der Waals surface area contributed by atoms with E-state index in [1.165, 1.54) is 29.4 Å². The molecular formula is C25H23ClF2N6O4S. The predicted molar refractivity (Wildman–Crippen MR) is 145 cm³/mol. The molecule has 3 heterocycles. The Morgan fingerprint density at radius 1 is 1.13 bits per heavy atom. The van der Waals surface area contributed by atoms with E-state index in [-0.39, 0.29) is 50.1 Å². The molecule has 0 atom stereocenters. The van der Waals surface area contributed by atoms with Crippen LogP contribution in [0, 0.1) is 11.6 Å². The Bertz CT molecular complexity index is 1620. The molecule has 10 nitrogen and oxygen atoms in total. The van der Waals surface area contributed by atoms with Gasteiger partial charge in [0.1, 0.15) is 29.1 Å². The number of amides is 2. The molecule has 0 radical (unpaired) electrons. The van der Waals surface area contributed by atoms with Gasteiger partial charge in [-0.15, -0.1) is 0 Å². The van der Waals surface area contributed by atoms with Crippen molar-refractivity contribution in [3.63, 3.8) is 0 Å². The molecule has 0 spiro atoms. The number of fused-ring (bicyclic) bond motifs is 2. The van der Waals surface area contributed by atoms with Crippen molar-refractivity contribution in [1.29, 1.82) is 0 Å². The van der Waals surface area contributed by atoms with Crippen LogP contribution in [-0.4, -0.2) is 68.9 Å². The maximum absolute atomic E-state index is 16.1. The number of thiazole rings is 1. The van der Waals surface area contributed by atoms with Crippen LogP contribution >= 0.6 is 22.9 Å². The molecule has 2 aromatic heterocycles. The fourth-order valence-electron chi connectivity index (χ4n) is 4.35. The zero-order valence-corrected chi connectivity index (χ0v) is 22.7. The predicted octanol–water partition coefficient (Wildman–Crippen LogP) is 5.99. The van der Waals surface area contributed by atoms with Gasteiger partial charge in [-0.25, -0.2) is 33.3 Å². The molecule has 1 aliphatic heterocycles. The van der Waals surface area contributed by atoms with Gasteiger partial charge in [-0.1, -0.05) is 22.9 Å². The maximum Gasteiger partial charge on any atom is 0.413 e. The second kappa shape index (κ2) is 10.0. The van der Waals surface area contributed by atoms with Gasteiger partial charge in [-0.2, -0.15) is 0 Å². The highest BCUT2D eigenvalue weighted by Crippen LogP contribution is 2.42. The lowest BCUT2D eigenvalue weighted by molar-refractivity contribution is 0.0636. The third-order valence-corrected chi connectivity index (χ3v) is 7.30. The van der Waals surface area contributed by atoms with Crippen LogP contribution in [0.25, 0.3) is 32.2 Å². The topological polar surface area (TPSA) is 121 Å². The fraction of sp³-hybridized carbons (Fsp3) is 0.320. The van der Waals surface area contributed by atoms with Crippen molar-refractivity contribution in [2.24, 2.45) is 0 Å². The van der Waals surface area contributed by atoms with Gasteiger partial charge in [0.15, 0.2) is 10.9 Å². The van der Waals surface area contributed by atoms with E-state index in [4.69, 9.17) is 16.3 Å². The molecule has 4 aromatic rings. The number of hydrogen-bond acceptors (Lipinski definition) is 8. The lowest BCUT2D eigenvalue weighted by Gasteiger charge is -2.34. The first kappa shape index (κ1) is 26.8. The summed E-state index contributed by atoms with van der Waals surface area (Å²) in [6, 6.07) is 4.09. The van der Waals surface area contributed by atoms with Crippen LogP contribution in [0.2, 0.25) is 5.02 Å². The minimum absolute atomic E-state index is 0.000118. The summed E-state index contributed by atoms with van der Waals surface area (Å²) in [6.07, 6.45) is -0.529. The van der Waals surface area contributed by atoms with Crippen LogP contribution in [0.3, 0.4) is 0 Å². The summed E-state index contributed by atoms with van der Waals surface area (Å²) in [7, 11) is 0. The highest BCUT2D eigenvalue weighted by Gasteiger charge is 2.26. The van der Waals surface area contributed by atoms with Crippen molar-refractivity contribution in [2.75, 3.05) is 36.4 Å². The Hall–Kier alpha value is -3.84. The van der Waals surface area contributed by atoms with Gasteiger partial charge in [-0.3, -0.25) is 5.32 Å². The number of nitrogens with zero attached hydrogens (tertiary/aromatic N) is 5. The number of ether oxygens (including phenoxy) is 1. The van der Waals surface area contributed by atoms with E-state index in [0.29, 0.717) is 24.3 Å². The molecule has 2 aromatic carbocycles. The lowest BCUT2D eigenvalue weighted by Crippen LogP contribution is -2.48. The highest BCUT2D eigenvalue weighted by molar-refractivity contribution is 7.22. The van der Waals surface area contributed by atoms with Crippen LogP contribution in [0.15, 0.2) is 24.5 Å². The first-order valence-electron chi connectivity index (χ1n) is 11.9. The van der Waals surface area contributed by atoms with E-state index in [2.05, 4.69) is 20.3 Å². The van der Waals surface area contributed by atoms with E-state index in [1.54, 1.807) is 20.8 Å². The molecule has 2 N–H and O–H groups in total. The number of anilines is 2. The summed E-state index contributed by atoms with van der Waals surface area (Å²) in [6.45, 7) is 6.39. The minimum atomic E-state index is -1.00. The van der Waals surface area contributed by atoms with E-state index < -0.39 is 29.4 Å². The van der Waals surface area contributed by atoms with Crippen molar-refractivity contribution in [3.05, 3.63) is 41.2 Å². The van der Waals surface area contributed by atoms with Crippen LogP contribution in [0.4, 0.5) is 29.3 Å². The Balaban J connectivity index is 1.56. The SMILES string of the molecule is CC(C)(C)OC(=O)Nc1nc2c(-c3c(Cl)cc4c(N5CCN(C(=O)O)CC5)ncnc4c3F)ccc(F)c2s1. The first-order chi connectivity index (χ1) is 18.4. The molecule has 2 amide bonds. The molecule has 0 bridgehead atoms. The van der Waals surface area contributed by atoms with Crippen molar-refractivity contribution < 1.29 is 28.2 Å². The van der Waals surface area contributed by atoms with Crippen molar-refractivity contribution >= 4 is 67.2 Å². The molecule has 1 fully saturated rings. The largest absolute Gasteiger partial charge is 0.465 e. The Morgan fingerprint density at radius 3 is 2.51 bits per heavy atom. The Labute approximate surface area is 230 Å². The third kappa shape index (κ3) is 5.23. The van der Waals surface area contributed by atoms with Crippen molar-refractivity contribution in [3.8, 4) is 11.1 Å². The number of aromatic nitrogens is 3. The van der Waals surface area contributed by atoms with Crippen molar-refractivity contribution in [2.45, 2.75) is 26.4 Å². The molecule has 0 unspecified atom stereocenters. The van der Waals surface area contributed by atoms with Crippen LogP contribution < -0.4 is 10.2 Å². The smallest absolute Gasteiger partial charge is 0.413 e. The maximum atomic E-state index is 16.1. The normalized spacial score (nSPS) is 14.2. The van der Waals surface area contributed by atoms with Crippen molar-refractivity contribution in [1.82, 2.24) is 19.9 Å². The molecular weight excluding hydrogens is 554 g/mol. The monoisotopic (exact) mass is 576 g/mol. The molecule has 0 aliphatic carbocycles. The van der Waals surface area contributed by atoms with Gasteiger partial charge >= 0.3 is 12.2 Å². The standard InChI is InChI=1S/C25H23ClF2N6O4S/c1-25(2,3)38-23(35)32-22-31-19-12(4-5-15(27)20(19)39-22)16-14(26)10-13-18(17(16)28)29-11-30-21(13)33-6-8-34(9-7-33)24(36)37/h4-5,10-11H,6-9H2,1-3H3,(H,36,37)(H,31,32,35). The van der Waals surface area contributed by atoms with Crippen LogP contribution in [-0.2, 0) is 4.74 Å². The van der Waals surface area contributed by atoms with Gasteiger partial charge in [0.25, 0.3) is 0 Å². The van der Waals surface area contributed by atoms with Gasteiger partial charge in [0.2, 0.25) is 0 Å². The molecule has 5 rings (SSSR count). The van der Waals surface area contributed by atoms with E-state index in [0.717, 1.165) is 11.3 Å². The summed E-state index contributed by atoms with van der Waals surface area (Å²) >= 11 is 7.50. The summed E-state index contributed by atoms with van der Waals surface area (Å²) in [5.41, 5.74) is -0.433. The summed E-state index contributed by atoms with van der Waals surface area (Å²) < 4.78 is 36.1. The fourth-order valence-corrected chi connectivity index (χ4v) is 5.52. The number of carbonyl (C=O) groups excluding carboxylic acids is 1. The number of benzene rings is 2. The second-order valence-electron chi connectivity index (χ2n) is 9.82. The number of nitrogens with one attached hydrogen (secondary N) is 1. The zero-order valence-electron chi connectivity index (χ0n) is 21.1. The lowest BCUT2D eigenvalue weighted by atomic mass is 10.0. The molecule has 1 aliphatic rings. The van der Waals surface area contributed by atoms with Crippen LogP contribution in [0.1, 0.15) is 20.8 Å². The van der Waals surface area contributed by atoms with Gasteiger partial charge in [0, 0.05) is 42.7 Å². The number of piperazine rings is 1. The second-order valence-corrected chi connectivity index (χ2v) is 11.2. The van der Waals surface area contributed by atoms with E-state index >= 15 is 4.39 Å². The van der Waals surface area contributed by atoms with Gasteiger partial charge < -0.3 is 19.6 Å². The quantitative estimate of drug-likeness (QED) is 0.305. The number of hydrogen-bond donors (Lipinski definition) is 2. The molecule has 1 saturated heterocycles. The van der Waals surface area contributed by atoms with Gasteiger partial charge in [0.05, 0.1) is 15.2 Å². The molecule has 14 heteroatoms. The number of rotatable bonds is 3. The van der Waals surface area contributed by atoms with E-state index in [9.17, 15) is 19.1 Å². The summed E-state index contributed by atoms with van der Waals surface area (Å²) in [5.74, 6) is -0.905. The Kier molecular flexibility index (Phi) is 6.89. The average molecular weight is 577 g/mol. The van der Waals surface area contributed by atoms with Crippen LogP contribution in [0.5, 0.6) is 0 Å². The minimum Gasteiger partial charge on any atom is -0.465 e. The highest BCUT2D eigenvalue weighted by atomic mass is 35.5. The zero-order chi connectivity index (χ0) is 28.1. The van der Waals surface area contributed by atoms with Gasteiger partial charge in [-0.05, 0) is 39.0 Å². The summed E-state index contributed by atoms with van der Waals surface area (Å²) in [4.78, 5) is 39.4. The third-order valence-electron chi connectivity index (χ3n) is 6.02. The molecule has 0 saturated carbocycles.